The molecule has 3 heteroatoms. The lowest BCUT2D eigenvalue weighted by molar-refractivity contribution is 0.00526. The first kappa shape index (κ1) is 16.2. The van der Waals surface area contributed by atoms with Gasteiger partial charge in [0.2, 0.25) is 0 Å². The van der Waals surface area contributed by atoms with Gasteiger partial charge in [-0.2, -0.15) is 0 Å². The highest BCUT2D eigenvalue weighted by Gasteiger charge is 2.19. The Bertz CT molecular complexity index is 373. The van der Waals surface area contributed by atoms with Crippen LogP contribution in [-0.2, 0) is 11.2 Å². The first-order valence-corrected chi connectivity index (χ1v) is 8.95. The molecule has 0 radical (unpaired) electrons. The molecule has 0 bridgehead atoms. The lowest BCUT2D eigenvalue weighted by atomic mass is 9.97. The number of hydrogen-bond donors (Lipinski definition) is 1. The Morgan fingerprint density at radius 3 is 2.75 bits per heavy atom. The fourth-order valence-electron chi connectivity index (χ4n) is 2.80. The summed E-state index contributed by atoms with van der Waals surface area (Å²) in [6.45, 7) is 4.28. The average Bonchev–Trinajstić information content (AvgIpc) is 2.48. The lowest BCUT2D eigenvalue weighted by Crippen LogP contribution is -2.36. The van der Waals surface area contributed by atoms with Crippen molar-refractivity contribution >= 4 is 22.6 Å². The molecule has 2 unspecified atom stereocenters. The second-order valence-electron chi connectivity index (χ2n) is 5.71. The minimum atomic E-state index is 0.460. The van der Waals surface area contributed by atoms with Crippen LogP contribution in [0.25, 0.3) is 0 Å². The summed E-state index contributed by atoms with van der Waals surface area (Å²) in [7, 11) is 0. The normalized spacial score (nSPS) is 20.8. The highest BCUT2D eigenvalue weighted by molar-refractivity contribution is 14.1. The van der Waals surface area contributed by atoms with Crippen LogP contribution in [0, 0.1) is 3.57 Å². The van der Waals surface area contributed by atoms with Gasteiger partial charge in [0.1, 0.15) is 0 Å². The van der Waals surface area contributed by atoms with Crippen molar-refractivity contribution in [1.82, 2.24) is 5.32 Å². The Morgan fingerprint density at radius 2 is 2.10 bits per heavy atom. The lowest BCUT2D eigenvalue weighted by Gasteiger charge is -2.27. The van der Waals surface area contributed by atoms with E-state index in [0.29, 0.717) is 12.1 Å². The van der Waals surface area contributed by atoms with Crippen LogP contribution in [0.4, 0.5) is 0 Å². The van der Waals surface area contributed by atoms with Gasteiger partial charge in [-0.15, -0.1) is 0 Å². The number of benzene rings is 1. The number of hydrogen-bond acceptors (Lipinski definition) is 2. The molecule has 1 N–H and O–H groups in total. The van der Waals surface area contributed by atoms with Gasteiger partial charge in [0.05, 0.1) is 6.10 Å². The van der Waals surface area contributed by atoms with E-state index in [1.54, 1.807) is 0 Å². The SMILES string of the molecule is CCCNC(Cc1ccc(I)cc1)CC1CCCCO1. The number of ether oxygens (including phenoxy) is 1. The van der Waals surface area contributed by atoms with Crippen molar-refractivity contribution in [3.63, 3.8) is 0 Å². The van der Waals surface area contributed by atoms with Gasteiger partial charge in [-0.05, 0) is 85.4 Å². The third kappa shape index (κ3) is 5.70. The molecule has 112 valence electrons. The molecule has 2 atom stereocenters. The van der Waals surface area contributed by atoms with Crippen LogP contribution in [-0.4, -0.2) is 25.3 Å². The van der Waals surface area contributed by atoms with E-state index >= 15 is 0 Å². The van der Waals surface area contributed by atoms with E-state index in [9.17, 15) is 0 Å². The van der Waals surface area contributed by atoms with Gasteiger partial charge in [0.25, 0.3) is 0 Å². The Labute approximate surface area is 136 Å². The zero-order valence-corrected chi connectivity index (χ0v) is 14.6. The molecule has 1 heterocycles. The van der Waals surface area contributed by atoms with E-state index in [4.69, 9.17) is 4.74 Å². The molecular formula is C17H26INO. The summed E-state index contributed by atoms with van der Waals surface area (Å²) in [5.41, 5.74) is 1.43. The Balaban J connectivity index is 1.89. The maximum Gasteiger partial charge on any atom is 0.0590 e. The molecule has 1 fully saturated rings. The maximum atomic E-state index is 5.90. The summed E-state index contributed by atoms with van der Waals surface area (Å²) in [6.07, 6.45) is 7.70. The molecule has 20 heavy (non-hydrogen) atoms. The van der Waals surface area contributed by atoms with Crippen molar-refractivity contribution in [1.29, 1.82) is 0 Å². The van der Waals surface area contributed by atoms with E-state index < -0.39 is 0 Å². The zero-order chi connectivity index (χ0) is 14.2. The van der Waals surface area contributed by atoms with Crippen molar-refractivity contribution in [2.75, 3.05) is 13.2 Å². The minimum absolute atomic E-state index is 0.460. The average molecular weight is 387 g/mol. The van der Waals surface area contributed by atoms with E-state index in [1.807, 2.05) is 0 Å². The van der Waals surface area contributed by atoms with Crippen LogP contribution >= 0.6 is 22.6 Å². The summed E-state index contributed by atoms with van der Waals surface area (Å²) in [5.74, 6) is 0. The van der Waals surface area contributed by atoms with E-state index in [-0.39, 0.29) is 0 Å². The van der Waals surface area contributed by atoms with E-state index in [2.05, 4.69) is 59.1 Å². The third-order valence-corrected chi connectivity index (χ3v) is 4.62. The standard InChI is InChI=1S/C17H26INO/c1-2-10-19-16(13-17-5-3-4-11-20-17)12-14-6-8-15(18)9-7-14/h6-9,16-17,19H,2-5,10-13H2,1H3. The number of nitrogens with one attached hydrogen (secondary N) is 1. The van der Waals surface area contributed by atoms with Crippen LogP contribution in [0.1, 0.15) is 44.6 Å². The molecule has 2 rings (SSSR count). The largest absolute Gasteiger partial charge is 0.378 e. The smallest absolute Gasteiger partial charge is 0.0590 e. The zero-order valence-electron chi connectivity index (χ0n) is 12.4. The molecule has 1 aromatic rings. The van der Waals surface area contributed by atoms with Crippen LogP contribution < -0.4 is 5.32 Å². The fraction of sp³-hybridized carbons (Fsp3) is 0.647. The number of rotatable bonds is 7. The predicted octanol–water partition coefficient (Wildman–Crippen LogP) is 4.16. The van der Waals surface area contributed by atoms with Gasteiger partial charge >= 0.3 is 0 Å². The fourth-order valence-corrected chi connectivity index (χ4v) is 3.16. The molecule has 2 nitrogen and oxygen atoms in total. The van der Waals surface area contributed by atoms with E-state index in [1.165, 1.54) is 34.8 Å². The van der Waals surface area contributed by atoms with E-state index in [0.717, 1.165) is 26.0 Å². The second kappa shape index (κ2) is 9.00. The van der Waals surface area contributed by atoms with Crippen LogP contribution in [0.5, 0.6) is 0 Å². The molecule has 0 saturated carbocycles. The first-order valence-electron chi connectivity index (χ1n) is 7.87. The van der Waals surface area contributed by atoms with Gasteiger partial charge in [-0.1, -0.05) is 19.1 Å². The molecule has 1 saturated heterocycles. The summed E-state index contributed by atoms with van der Waals surface area (Å²) in [5, 5.41) is 3.70. The predicted molar refractivity (Wildman–Crippen MR) is 93.2 cm³/mol. The van der Waals surface area contributed by atoms with Gasteiger partial charge in [0.15, 0.2) is 0 Å². The summed E-state index contributed by atoms with van der Waals surface area (Å²) in [4.78, 5) is 0. The van der Waals surface area contributed by atoms with Crippen molar-refractivity contribution < 1.29 is 4.74 Å². The quantitative estimate of drug-likeness (QED) is 0.710. The highest BCUT2D eigenvalue weighted by Crippen LogP contribution is 2.19. The molecular weight excluding hydrogens is 361 g/mol. The van der Waals surface area contributed by atoms with Gasteiger partial charge < -0.3 is 10.1 Å². The molecule has 1 aromatic carbocycles. The topological polar surface area (TPSA) is 21.3 Å². The first-order chi connectivity index (χ1) is 9.78. The summed E-state index contributed by atoms with van der Waals surface area (Å²) in [6, 6.07) is 9.44. The molecule has 1 aliphatic heterocycles. The molecule has 0 aromatic heterocycles. The molecule has 0 aliphatic carbocycles. The number of halogens is 1. The highest BCUT2D eigenvalue weighted by atomic mass is 127. The molecule has 0 spiro atoms. The monoisotopic (exact) mass is 387 g/mol. The van der Waals surface area contributed by atoms with Gasteiger partial charge in [0, 0.05) is 16.2 Å². The van der Waals surface area contributed by atoms with Crippen LogP contribution in [0.2, 0.25) is 0 Å². The third-order valence-electron chi connectivity index (χ3n) is 3.90. The second-order valence-corrected chi connectivity index (χ2v) is 6.95. The van der Waals surface area contributed by atoms with Crippen molar-refractivity contribution in [2.24, 2.45) is 0 Å². The van der Waals surface area contributed by atoms with Crippen LogP contribution in [0.3, 0.4) is 0 Å². The Hall–Kier alpha value is -0.130. The van der Waals surface area contributed by atoms with Crippen molar-refractivity contribution in [3.8, 4) is 0 Å². The Kier molecular flexibility index (Phi) is 7.31. The van der Waals surface area contributed by atoms with Crippen LogP contribution in [0.15, 0.2) is 24.3 Å². The van der Waals surface area contributed by atoms with Crippen molar-refractivity contribution in [2.45, 2.75) is 57.6 Å². The minimum Gasteiger partial charge on any atom is -0.378 e. The maximum absolute atomic E-state index is 5.90. The van der Waals surface area contributed by atoms with Gasteiger partial charge in [-0.3, -0.25) is 0 Å². The summed E-state index contributed by atoms with van der Waals surface area (Å²) < 4.78 is 7.21. The van der Waals surface area contributed by atoms with Gasteiger partial charge in [-0.25, -0.2) is 0 Å². The molecule has 1 aliphatic rings. The summed E-state index contributed by atoms with van der Waals surface area (Å²) >= 11 is 2.36. The molecule has 0 amide bonds. The Morgan fingerprint density at radius 1 is 1.30 bits per heavy atom. The van der Waals surface area contributed by atoms with Crippen molar-refractivity contribution in [3.05, 3.63) is 33.4 Å².